The highest BCUT2D eigenvalue weighted by Gasteiger charge is 2.05. The number of benzene rings is 1. The van der Waals surface area contributed by atoms with Gasteiger partial charge in [-0.2, -0.15) is 0 Å². The predicted octanol–water partition coefficient (Wildman–Crippen LogP) is 3.35. The first-order valence-corrected chi connectivity index (χ1v) is 5.92. The van der Waals surface area contributed by atoms with Gasteiger partial charge in [0.15, 0.2) is 0 Å². The minimum absolute atomic E-state index is 0.578. The molecule has 0 aromatic heterocycles. The molecule has 1 aromatic carbocycles. The van der Waals surface area contributed by atoms with Gasteiger partial charge in [0.05, 0.1) is 4.90 Å². The molecule has 1 nitrogen and oxygen atoms in total. The lowest BCUT2D eigenvalue weighted by molar-refractivity contribution is 0.691. The van der Waals surface area contributed by atoms with E-state index in [0.717, 1.165) is 10.0 Å². The van der Waals surface area contributed by atoms with Gasteiger partial charge in [-0.05, 0) is 44.3 Å². The van der Waals surface area contributed by atoms with Gasteiger partial charge in [0.1, 0.15) is 10.0 Å². The molecule has 12 heavy (non-hydrogen) atoms. The highest BCUT2D eigenvalue weighted by Crippen LogP contribution is 2.23. The molecule has 1 unspecified atom stereocenters. The van der Waals surface area contributed by atoms with Gasteiger partial charge in [0, 0.05) is 4.47 Å². The zero-order valence-electron chi connectivity index (χ0n) is 6.09. The maximum Gasteiger partial charge on any atom is 0.148 e. The zero-order valence-corrected chi connectivity index (χ0v) is 9.25. The van der Waals surface area contributed by atoms with Crippen LogP contribution in [0, 0.1) is 0 Å². The summed E-state index contributed by atoms with van der Waals surface area (Å²) in [6.45, 7) is 3.60. The molecular weight excluding hydrogens is 260 g/mol. The third-order valence-corrected chi connectivity index (χ3v) is 3.50. The number of hydrogen-bond acceptors (Lipinski definition) is 1. The van der Waals surface area contributed by atoms with Crippen LogP contribution in [0.5, 0.6) is 0 Å². The quantitative estimate of drug-likeness (QED) is 0.750. The van der Waals surface area contributed by atoms with Crippen molar-refractivity contribution in [2.75, 3.05) is 0 Å². The molecule has 0 spiro atoms. The molecule has 0 radical (unpaired) electrons. The predicted molar refractivity (Wildman–Crippen MR) is 56.5 cm³/mol. The minimum atomic E-state index is -1.47. The minimum Gasteiger partial charge on any atom is -0.237 e. The van der Waals surface area contributed by atoms with Crippen LogP contribution < -0.4 is 0 Å². The van der Waals surface area contributed by atoms with Crippen molar-refractivity contribution in [3.63, 3.8) is 0 Å². The number of halogens is 2. The first-order chi connectivity index (χ1) is 5.65. The molecule has 0 aliphatic heterocycles. The summed E-state index contributed by atoms with van der Waals surface area (Å²) >= 11 is 3.25. The normalized spacial score (nSPS) is 12.5. The third kappa shape index (κ3) is 2.19. The molecule has 4 heteroatoms. The fourth-order valence-corrected chi connectivity index (χ4v) is 2.57. The van der Waals surface area contributed by atoms with Crippen LogP contribution in [0.3, 0.4) is 0 Å². The van der Waals surface area contributed by atoms with Crippen molar-refractivity contribution in [1.29, 1.82) is 0 Å². The van der Waals surface area contributed by atoms with E-state index in [1.54, 1.807) is 18.2 Å². The van der Waals surface area contributed by atoms with Crippen molar-refractivity contribution >= 4 is 42.7 Å². The lowest BCUT2D eigenvalue weighted by Crippen LogP contribution is -1.84. The fourth-order valence-electron chi connectivity index (χ4n) is 0.770. The second-order valence-electron chi connectivity index (χ2n) is 2.12. The molecule has 0 amide bonds. The fraction of sp³-hybridized carbons (Fsp3) is 0. The van der Waals surface area contributed by atoms with Crippen molar-refractivity contribution in [3.8, 4) is 0 Å². The summed E-state index contributed by atoms with van der Waals surface area (Å²) in [6, 6.07) is 5.40. The van der Waals surface area contributed by atoms with Gasteiger partial charge >= 0.3 is 0 Å². The molecule has 0 aliphatic rings. The Balaban J connectivity index is 3.25. The van der Waals surface area contributed by atoms with E-state index in [1.807, 2.05) is 6.07 Å². The van der Waals surface area contributed by atoms with Crippen LogP contribution in [0.4, 0.5) is 0 Å². The second-order valence-corrected chi connectivity index (χ2v) is 4.70. The van der Waals surface area contributed by atoms with Crippen LogP contribution in [0.2, 0.25) is 0 Å². The zero-order chi connectivity index (χ0) is 9.14. The van der Waals surface area contributed by atoms with Gasteiger partial charge in [0.2, 0.25) is 0 Å². The summed E-state index contributed by atoms with van der Waals surface area (Å²) in [5.41, 5.74) is 0.905. The maximum absolute atomic E-state index is 10.9. The molecule has 0 heterocycles. The molecule has 0 saturated carbocycles. The average molecular weight is 266 g/mol. The lowest BCUT2D eigenvalue weighted by Gasteiger charge is -1.99. The Hall–Kier alpha value is -0.120. The van der Waals surface area contributed by atoms with Crippen LogP contribution in [0.1, 0.15) is 5.56 Å². The van der Waals surface area contributed by atoms with Crippen LogP contribution in [-0.4, -0.2) is 4.21 Å². The Morgan fingerprint density at radius 1 is 1.58 bits per heavy atom. The molecule has 0 bridgehead atoms. The number of rotatable bonds is 2. The highest BCUT2D eigenvalue weighted by molar-refractivity contribution is 9.10. The first kappa shape index (κ1) is 9.96. The standard InChI is InChI=1S/C8H6BrClOS/c1-2-6-3-4-7(9)8(5-6)12(10)11/h2-5H,1H2. The molecule has 64 valence electrons. The summed E-state index contributed by atoms with van der Waals surface area (Å²) < 4.78 is 11.7. The SMILES string of the molecule is C=Cc1ccc(Br)c(S(=O)Cl)c1. The van der Waals surface area contributed by atoms with Gasteiger partial charge in [-0.1, -0.05) is 18.7 Å². The van der Waals surface area contributed by atoms with Crippen LogP contribution in [0.15, 0.2) is 34.1 Å². The Morgan fingerprint density at radius 2 is 2.25 bits per heavy atom. The Morgan fingerprint density at radius 3 is 2.75 bits per heavy atom. The molecule has 0 fully saturated rings. The topological polar surface area (TPSA) is 17.1 Å². The van der Waals surface area contributed by atoms with Crippen LogP contribution in [0.25, 0.3) is 6.08 Å². The largest absolute Gasteiger partial charge is 0.237 e. The summed E-state index contributed by atoms with van der Waals surface area (Å²) in [6.07, 6.45) is 1.68. The Kier molecular flexibility index (Phi) is 3.50. The van der Waals surface area contributed by atoms with E-state index in [2.05, 4.69) is 22.5 Å². The maximum atomic E-state index is 10.9. The van der Waals surface area contributed by atoms with E-state index < -0.39 is 10.0 Å². The van der Waals surface area contributed by atoms with Crippen molar-refractivity contribution in [2.24, 2.45) is 0 Å². The van der Waals surface area contributed by atoms with E-state index in [4.69, 9.17) is 10.7 Å². The van der Waals surface area contributed by atoms with Crippen LogP contribution in [-0.2, 0) is 10.0 Å². The summed E-state index contributed by atoms with van der Waals surface area (Å²) in [4.78, 5) is 0.578. The van der Waals surface area contributed by atoms with E-state index in [9.17, 15) is 4.21 Å². The molecule has 1 atom stereocenters. The van der Waals surface area contributed by atoms with Gasteiger partial charge in [-0.3, -0.25) is 0 Å². The first-order valence-electron chi connectivity index (χ1n) is 3.15. The van der Waals surface area contributed by atoms with Gasteiger partial charge in [-0.15, -0.1) is 0 Å². The summed E-state index contributed by atoms with van der Waals surface area (Å²) in [5.74, 6) is 0. The van der Waals surface area contributed by atoms with Crippen molar-refractivity contribution in [3.05, 3.63) is 34.8 Å². The van der Waals surface area contributed by atoms with Crippen molar-refractivity contribution in [2.45, 2.75) is 4.90 Å². The smallest absolute Gasteiger partial charge is 0.148 e. The second kappa shape index (κ2) is 4.21. The summed E-state index contributed by atoms with van der Waals surface area (Å²) in [7, 11) is 3.97. The molecular formula is C8H6BrClOS. The molecule has 0 aliphatic carbocycles. The number of hydrogen-bond donors (Lipinski definition) is 0. The van der Waals surface area contributed by atoms with Gasteiger partial charge in [0.25, 0.3) is 0 Å². The van der Waals surface area contributed by atoms with Crippen LogP contribution >= 0.6 is 26.6 Å². The third-order valence-electron chi connectivity index (χ3n) is 1.36. The molecule has 0 N–H and O–H groups in total. The van der Waals surface area contributed by atoms with Crippen molar-refractivity contribution < 1.29 is 4.21 Å². The monoisotopic (exact) mass is 264 g/mol. The molecule has 1 aromatic rings. The highest BCUT2D eigenvalue weighted by atomic mass is 79.9. The average Bonchev–Trinajstić information content (AvgIpc) is 2.05. The van der Waals surface area contributed by atoms with E-state index in [1.165, 1.54) is 0 Å². The van der Waals surface area contributed by atoms with Gasteiger partial charge in [-0.25, -0.2) is 4.21 Å². The Labute approximate surface area is 86.5 Å². The van der Waals surface area contributed by atoms with Gasteiger partial charge < -0.3 is 0 Å². The van der Waals surface area contributed by atoms with E-state index >= 15 is 0 Å². The molecule has 1 rings (SSSR count). The Bertz CT molecular complexity index is 338. The summed E-state index contributed by atoms with van der Waals surface area (Å²) in [5, 5.41) is 0. The van der Waals surface area contributed by atoms with Crippen molar-refractivity contribution in [1.82, 2.24) is 0 Å². The molecule has 0 saturated heterocycles. The van der Waals surface area contributed by atoms with E-state index in [-0.39, 0.29) is 0 Å². The lowest BCUT2D eigenvalue weighted by atomic mass is 10.2. The van der Waals surface area contributed by atoms with E-state index in [0.29, 0.717) is 4.90 Å².